The van der Waals surface area contributed by atoms with E-state index in [1.807, 2.05) is 6.07 Å². The van der Waals surface area contributed by atoms with Gasteiger partial charge in [0.2, 0.25) is 5.91 Å². The van der Waals surface area contributed by atoms with Crippen LogP contribution in [-0.2, 0) is 4.79 Å². The zero-order chi connectivity index (χ0) is 8.97. The minimum Gasteiger partial charge on any atom is -0.341 e. The summed E-state index contributed by atoms with van der Waals surface area (Å²) >= 11 is 3.36. The molecule has 1 saturated heterocycles. The predicted molar refractivity (Wildman–Crippen MR) is 48.7 cm³/mol. The van der Waals surface area contributed by atoms with Crippen molar-refractivity contribution < 1.29 is 4.79 Å². The second-order valence-corrected chi connectivity index (χ2v) is 3.62. The molecule has 0 aliphatic carbocycles. The number of hydrogen-bond donors (Lipinski definition) is 0. The third-order valence-electron chi connectivity index (χ3n) is 2.01. The van der Waals surface area contributed by atoms with Crippen molar-refractivity contribution in [2.75, 3.05) is 18.4 Å². The van der Waals surface area contributed by atoms with Gasteiger partial charge >= 0.3 is 0 Å². The molecule has 1 atom stereocenters. The molecule has 0 saturated carbocycles. The molecule has 1 heterocycles. The molecule has 0 N–H and O–H groups in total. The van der Waals surface area contributed by atoms with Crippen molar-refractivity contribution in [2.24, 2.45) is 5.92 Å². The fraction of sp³-hybridized carbons (Fsp3) is 0.750. The standard InChI is InChI=1S/C8H11BrN2O/c9-5-7-4-8(12)11(6-7)3-1-2-10/h7H,1,3-6H2. The third-order valence-corrected chi connectivity index (χ3v) is 2.92. The van der Waals surface area contributed by atoms with Gasteiger partial charge < -0.3 is 4.90 Å². The summed E-state index contributed by atoms with van der Waals surface area (Å²) in [7, 11) is 0. The number of hydrogen-bond acceptors (Lipinski definition) is 2. The fourth-order valence-corrected chi connectivity index (χ4v) is 1.79. The lowest BCUT2D eigenvalue weighted by molar-refractivity contribution is -0.127. The third kappa shape index (κ3) is 2.21. The highest BCUT2D eigenvalue weighted by molar-refractivity contribution is 9.09. The largest absolute Gasteiger partial charge is 0.341 e. The second kappa shape index (κ2) is 4.46. The summed E-state index contributed by atoms with van der Waals surface area (Å²) in [6.07, 6.45) is 1.08. The van der Waals surface area contributed by atoms with E-state index in [0.29, 0.717) is 25.3 Å². The number of rotatable bonds is 3. The Bertz CT molecular complexity index is 212. The van der Waals surface area contributed by atoms with Gasteiger partial charge in [-0.25, -0.2) is 0 Å². The maximum Gasteiger partial charge on any atom is 0.222 e. The normalized spacial score (nSPS) is 22.8. The van der Waals surface area contributed by atoms with Crippen LogP contribution in [0.25, 0.3) is 0 Å². The van der Waals surface area contributed by atoms with Gasteiger partial charge in [-0.3, -0.25) is 4.79 Å². The average Bonchev–Trinajstić information content (AvgIpc) is 2.43. The van der Waals surface area contributed by atoms with Crippen molar-refractivity contribution in [1.82, 2.24) is 4.90 Å². The second-order valence-electron chi connectivity index (χ2n) is 2.97. The Kier molecular flexibility index (Phi) is 3.54. The van der Waals surface area contributed by atoms with Crippen LogP contribution in [0.4, 0.5) is 0 Å². The molecule has 0 radical (unpaired) electrons. The Labute approximate surface area is 80.5 Å². The van der Waals surface area contributed by atoms with Gasteiger partial charge in [-0.15, -0.1) is 0 Å². The van der Waals surface area contributed by atoms with Crippen molar-refractivity contribution in [3.8, 4) is 6.07 Å². The first kappa shape index (κ1) is 9.53. The van der Waals surface area contributed by atoms with Crippen LogP contribution in [0.3, 0.4) is 0 Å². The van der Waals surface area contributed by atoms with Crippen molar-refractivity contribution in [3.63, 3.8) is 0 Å². The first-order valence-corrected chi connectivity index (χ1v) is 5.10. The SMILES string of the molecule is N#CCCN1CC(CBr)CC1=O. The summed E-state index contributed by atoms with van der Waals surface area (Å²) < 4.78 is 0. The van der Waals surface area contributed by atoms with Crippen LogP contribution in [0.5, 0.6) is 0 Å². The average molecular weight is 231 g/mol. The number of halogens is 1. The Hall–Kier alpha value is -0.560. The molecule has 4 heteroatoms. The molecule has 0 aromatic heterocycles. The molecule has 1 unspecified atom stereocenters. The smallest absolute Gasteiger partial charge is 0.222 e. The number of alkyl halides is 1. The van der Waals surface area contributed by atoms with E-state index in [1.165, 1.54) is 0 Å². The number of nitriles is 1. The Morgan fingerprint density at radius 1 is 1.75 bits per heavy atom. The van der Waals surface area contributed by atoms with Gasteiger partial charge in [0.05, 0.1) is 12.5 Å². The van der Waals surface area contributed by atoms with Crippen LogP contribution in [0.1, 0.15) is 12.8 Å². The highest BCUT2D eigenvalue weighted by atomic mass is 79.9. The number of likely N-dealkylation sites (tertiary alicyclic amines) is 1. The van der Waals surface area contributed by atoms with Crippen LogP contribution in [0.15, 0.2) is 0 Å². The molecule has 1 rings (SSSR count). The predicted octanol–water partition coefficient (Wildman–Crippen LogP) is 1.14. The number of amides is 1. The quantitative estimate of drug-likeness (QED) is 0.683. The maximum absolute atomic E-state index is 11.2. The fourth-order valence-electron chi connectivity index (χ4n) is 1.36. The van der Waals surface area contributed by atoms with Gasteiger partial charge in [0.25, 0.3) is 0 Å². The van der Waals surface area contributed by atoms with Gasteiger partial charge in [0.15, 0.2) is 0 Å². The first-order chi connectivity index (χ1) is 5.77. The molecule has 1 aliphatic heterocycles. The van der Waals surface area contributed by atoms with Gasteiger partial charge in [-0.2, -0.15) is 5.26 Å². The number of nitrogens with zero attached hydrogens (tertiary/aromatic N) is 2. The van der Waals surface area contributed by atoms with Crippen LogP contribution in [0.2, 0.25) is 0 Å². The van der Waals surface area contributed by atoms with Crippen molar-refractivity contribution in [2.45, 2.75) is 12.8 Å². The van der Waals surface area contributed by atoms with E-state index < -0.39 is 0 Å². The van der Waals surface area contributed by atoms with E-state index in [1.54, 1.807) is 4.90 Å². The summed E-state index contributed by atoms with van der Waals surface area (Å²) in [5, 5.41) is 9.22. The van der Waals surface area contributed by atoms with Gasteiger partial charge in [0.1, 0.15) is 0 Å². The molecule has 0 aromatic carbocycles. The lowest BCUT2D eigenvalue weighted by Crippen LogP contribution is -2.26. The number of carbonyl (C=O) groups excluding carboxylic acids is 1. The minimum absolute atomic E-state index is 0.190. The van der Waals surface area contributed by atoms with E-state index in [9.17, 15) is 4.79 Å². The van der Waals surface area contributed by atoms with Crippen LogP contribution in [-0.4, -0.2) is 29.2 Å². The molecule has 1 amide bonds. The summed E-state index contributed by atoms with van der Waals surface area (Å²) in [5.74, 6) is 0.630. The highest BCUT2D eigenvalue weighted by Gasteiger charge is 2.27. The monoisotopic (exact) mass is 230 g/mol. The molecule has 12 heavy (non-hydrogen) atoms. The van der Waals surface area contributed by atoms with E-state index in [4.69, 9.17) is 5.26 Å². The van der Waals surface area contributed by atoms with Crippen molar-refractivity contribution in [3.05, 3.63) is 0 Å². The van der Waals surface area contributed by atoms with E-state index in [2.05, 4.69) is 15.9 Å². The van der Waals surface area contributed by atoms with E-state index in [-0.39, 0.29) is 5.91 Å². The van der Waals surface area contributed by atoms with Crippen molar-refractivity contribution >= 4 is 21.8 Å². The van der Waals surface area contributed by atoms with Gasteiger partial charge in [-0.05, 0) is 5.92 Å². The Morgan fingerprint density at radius 3 is 3.00 bits per heavy atom. The van der Waals surface area contributed by atoms with E-state index >= 15 is 0 Å². The Morgan fingerprint density at radius 2 is 2.50 bits per heavy atom. The Balaban J connectivity index is 2.37. The molecule has 66 valence electrons. The zero-order valence-electron chi connectivity index (χ0n) is 6.79. The molecule has 1 aliphatic rings. The minimum atomic E-state index is 0.190. The highest BCUT2D eigenvalue weighted by Crippen LogP contribution is 2.19. The molecular weight excluding hydrogens is 220 g/mol. The molecule has 0 aromatic rings. The molecule has 0 bridgehead atoms. The van der Waals surface area contributed by atoms with Crippen LogP contribution < -0.4 is 0 Å². The molecular formula is C8H11BrN2O. The molecule has 0 spiro atoms. The zero-order valence-corrected chi connectivity index (χ0v) is 8.38. The van der Waals surface area contributed by atoms with Gasteiger partial charge in [0, 0.05) is 24.8 Å². The van der Waals surface area contributed by atoms with Crippen molar-refractivity contribution in [1.29, 1.82) is 5.26 Å². The van der Waals surface area contributed by atoms with Crippen LogP contribution in [0, 0.1) is 17.2 Å². The number of carbonyl (C=O) groups is 1. The maximum atomic E-state index is 11.2. The lowest BCUT2D eigenvalue weighted by atomic mass is 10.2. The summed E-state index contributed by atoms with van der Waals surface area (Å²) in [6, 6.07) is 2.04. The van der Waals surface area contributed by atoms with Crippen LogP contribution >= 0.6 is 15.9 Å². The van der Waals surface area contributed by atoms with Gasteiger partial charge in [-0.1, -0.05) is 15.9 Å². The lowest BCUT2D eigenvalue weighted by Gasteiger charge is -2.13. The molecule has 1 fully saturated rings. The summed E-state index contributed by atoms with van der Waals surface area (Å²) in [4.78, 5) is 13.0. The molecule has 3 nitrogen and oxygen atoms in total. The summed E-state index contributed by atoms with van der Waals surface area (Å²) in [6.45, 7) is 1.41. The first-order valence-electron chi connectivity index (χ1n) is 3.98. The summed E-state index contributed by atoms with van der Waals surface area (Å²) in [5.41, 5.74) is 0. The topological polar surface area (TPSA) is 44.1 Å². The van der Waals surface area contributed by atoms with E-state index in [0.717, 1.165) is 11.9 Å².